The van der Waals surface area contributed by atoms with Crippen LogP contribution in [0.4, 0.5) is 0 Å². The topological polar surface area (TPSA) is 59.4 Å². The number of hydrogen-bond acceptors (Lipinski definition) is 4. The summed E-state index contributed by atoms with van der Waals surface area (Å²) in [6.07, 6.45) is 0.194. The third-order valence-corrected chi connectivity index (χ3v) is 1.92. The number of carbonyl (C=O) groups excluding carboxylic acids is 1. The first-order chi connectivity index (χ1) is 6.15. The normalized spacial score (nSPS) is 12.2. The van der Waals surface area contributed by atoms with Crippen LogP contribution in [0, 0.1) is 0 Å². The molecule has 0 amide bonds. The van der Waals surface area contributed by atoms with Crippen LogP contribution in [-0.2, 0) is 9.53 Å². The van der Waals surface area contributed by atoms with Crippen molar-refractivity contribution in [3.8, 4) is 0 Å². The van der Waals surface area contributed by atoms with Gasteiger partial charge in [-0.15, -0.1) is 0 Å². The summed E-state index contributed by atoms with van der Waals surface area (Å²) in [5.74, 6) is -0.713. The largest absolute Gasteiger partial charge is 0.467 e. The van der Waals surface area contributed by atoms with E-state index in [4.69, 9.17) is 0 Å². The molecule has 0 spiro atoms. The molecule has 1 aromatic rings. The lowest BCUT2D eigenvalue weighted by Gasteiger charge is -2.06. The molecular weight excluding hydrogens is 238 g/mol. The molecule has 0 radical (unpaired) electrons. The van der Waals surface area contributed by atoms with Crippen LogP contribution in [0.25, 0.3) is 0 Å². The molecule has 0 fully saturated rings. The number of pyridine rings is 1. The van der Waals surface area contributed by atoms with Gasteiger partial charge in [-0.1, -0.05) is 0 Å². The molecule has 0 aromatic carbocycles. The molecule has 1 N–H and O–H groups in total. The maximum absolute atomic E-state index is 10.9. The summed E-state index contributed by atoms with van der Waals surface area (Å²) < 4.78 is 5.14. The Kier molecular flexibility index (Phi) is 3.39. The van der Waals surface area contributed by atoms with E-state index in [0.29, 0.717) is 0 Å². The van der Waals surface area contributed by atoms with Crippen LogP contribution in [0.2, 0.25) is 0 Å². The van der Waals surface area contributed by atoms with Crippen molar-refractivity contribution in [2.75, 3.05) is 7.11 Å². The fourth-order valence-electron chi connectivity index (χ4n) is 0.781. The highest BCUT2D eigenvalue weighted by atomic mass is 79.9. The molecule has 1 heterocycles. The average molecular weight is 246 g/mol. The van der Waals surface area contributed by atoms with Crippen LogP contribution >= 0.6 is 15.9 Å². The van der Waals surface area contributed by atoms with Gasteiger partial charge in [-0.05, 0) is 28.1 Å². The molecule has 1 unspecified atom stereocenters. The quantitative estimate of drug-likeness (QED) is 0.792. The van der Waals surface area contributed by atoms with E-state index in [1.165, 1.54) is 13.3 Å². The number of carbonyl (C=O) groups is 1. The summed E-state index contributed by atoms with van der Waals surface area (Å²) in [5, 5.41) is 9.33. The SMILES string of the molecule is COC(=O)C(O)c1ccc(Br)cn1. The number of ether oxygens (including phenoxy) is 1. The molecule has 4 nitrogen and oxygen atoms in total. The second kappa shape index (κ2) is 4.34. The number of nitrogens with zero attached hydrogens (tertiary/aromatic N) is 1. The van der Waals surface area contributed by atoms with Crippen molar-refractivity contribution in [1.82, 2.24) is 4.98 Å². The highest BCUT2D eigenvalue weighted by Crippen LogP contribution is 2.14. The van der Waals surface area contributed by atoms with Crippen molar-refractivity contribution in [3.63, 3.8) is 0 Å². The van der Waals surface area contributed by atoms with Crippen LogP contribution in [-0.4, -0.2) is 23.2 Å². The first-order valence-corrected chi connectivity index (χ1v) is 4.32. The minimum atomic E-state index is -1.31. The zero-order valence-electron chi connectivity index (χ0n) is 6.90. The van der Waals surface area contributed by atoms with Gasteiger partial charge in [0.05, 0.1) is 12.8 Å². The number of aliphatic hydroxyl groups excluding tert-OH is 1. The second-order valence-electron chi connectivity index (χ2n) is 2.33. The Morgan fingerprint density at radius 1 is 1.69 bits per heavy atom. The van der Waals surface area contributed by atoms with Gasteiger partial charge in [0.15, 0.2) is 6.10 Å². The van der Waals surface area contributed by atoms with Gasteiger partial charge < -0.3 is 9.84 Å². The molecule has 1 aromatic heterocycles. The molecule has 13 heavy (non-hydrogen) atoms. The fourth-order valence-corrected chi connectivity index (χ4v) is 1.02. The molecule has 0 saturated carbocycles. The summed E-state index contributed by atoms with van der Waals surface area (Å²) in [6.45, 7) is 0. The minimum Gasteiger partial charge on any atom is -0.467 e. The Labute approximate surface area is 83.7 Å². The molecule has 0 bridgehead atoms. The van der Waals surface area contributed by atoms with Gasteiger partial charge in [0.1, 0.15) is 0 Å². The van der Waals surface area contributed by atoms with Gasteiger partial charge in [0.2, 0.25) is 0 Å². The number of hydrogen-bond donors (Lipinski definition) is 1. The van der Waals surface area contributed by atoms with Crippen molar-refractivity contribution >= 4 is 21.9 Å². The monoisotopic (exact) mass is 245 g/mol. The average Bonchev–Trinajstić information content (AvgIpc) is 2.17. The molecular formula is C8H8BrNO3. The Hall–Kier alpha value is -0.940. The predicted octanol–water partition coefficient (Wildman–Crippen LogP) is 1.05. The third-order valence-electron chi connectivity index (χ3n) is 1.45. The zero-order valence-corrected chi connectivity index (χ0v) is 8.48. The summed E-state index contributed by atoms with van der Waals surface area (Å²) >= 11 is 3.19. The van der Waals surface area contributed by atoms with Gasteiger partial charge in [-0.2, -0.15) is 0 Å². The van der Waals surface area contributed by atoms with Gasteiger partial charge in [-0.25, -0.2) is 4.79 Å². The molecule has 0 aliphatic rings. The molecule has 70 valence electrons. The van der Waals surface area contributed by atoms with Crippen LogP contribution in [0.1, 0.15) is 11.8 Å². The number of esters is 1. The second-order valence-corrected chi connectivity index (χ2v) is 3.24. The van der Waals surface area contributed by atoms with E-state index in [9.17, 15) is 9.90 Å². The third kappa shape index (κ3) is 2.50. The van der Waals surface area contributed by atoms with E-state index in [-0.39, 0.29) is 5.69 Å². The van der Waals surface area contributed by atoms with Crippen molar-refractivity contribution in [2.24, 2.45) is 0 Å². The predicted molar refractivity (Wildman–Crippen MR) is 48.9 cm³/mol. The van der Waals surface area contributed by atoms with E-state index >= 15 is 0 Å². The van der Waals surface area contributed by atoms with Crippen molar-refractivity contribution < 1.29 is 14.6 Å². The molecule has 5 heteroatoms. The number of aliphatic hydroxyl groups is 1. The van der Waals surface area contributed by atoms with E-state index in [0.717, 1.165) is 4.47 Å². The number of rotatable bonds is 2. The highest BCUT2D eigenvalue weighted by molar-refractivity contribution is 9.10. The lowest BCUT2D eigenvalue weighted by molar-refractivity contribution is -0.150. The zero-order chi connectivity index (χ0) is 9.84. The molecule has 0 aliphatic carbocycles. The Morgan fingerprint density at radius 2 is 2.38 bits per heavy atom. The van der Waals surface area contributed by atoms with Gasteiger partial charge >= 0.3 is 5.97 Å². The Balaban J connectivity index is 2.83. The minimum absolute atomic E-state index is 0.273. The van der Waals surface area contributed by atoms with E-state index in [1.807, 2.05) is 0 Å². The summed E-state index contributed by atoms with van der Waals surface area (Å²) in [7, 11) is 1.21. The molecule has 0 saturated heterocycles. The number of aromatic nitrogens is 1. The van der Waals surface area contributed by atoms with E-state index in [2.05, 4.69) is 25.7 Å². The standard InChI is InChI=1S/C8H8BrNO3/c1-13-8(12)7(11)6-3-2-5(9)4-10-6/h2-4,7,11H,1H3. The first-order valence-electron chi connectivity index (χ1n) is 3.52. The maximum Gasteiger partial charge on any atom is 0.341 e. The van der Waals surface area contributed by atoms with Gasteiger partial charge in [-0.3, -0.25) is 4.98 Å². The van der Waals surface area contributed by atoms with Gasteiger partial charge in [0, 0.05) is 10.7 Å². The van der Waals surface area contributed by atoms with Crippen molar-refractivity contribution in [1.29, 1.82) is 0 Å². The van der Waals surface area contributed by atoms with Gasteiger partial charge in [0.25, 0.3) is 0 Å². The summed E-state index contributed by atoms with van der Waals surface area (Å²) in [6, 6.07) is 3.24. The Bertz CT molecular complexity index is 299. The van der Waals surface area contributed by atoms with E-state index < -0.39 is 12.1 Å². The lowest BCUT2D eigenvalue weighted by Crippen LogP contribution is -2.14. The highest BCUT2D eigenvalue weighted by Gasteiger charge is 2.18. The fraction of sp³-hybridized carbons (Fsp3) is 0.250. The van der Waals surface area contributed by atoms with Crippen molar-refractivity contribution in [3.05, 3.63) is 28.5 Å². The molecule has 1 rings (SSSR count). The van der Waals surface area contributed by atoms with Crippen LogP contribution in [0.15, 0.2) is 22.8 Å². The summed E-state index contributed by atoms with van der Waals surface area (Å²) in [5.41, 5.74) is 0.273. The first kappa shape index (κ1) is 10.1. The van der Waals surface area contributed by atoms with Crippen LogP contribution < -0.4 is 0 Å². The summed E-state index contributed by atoms with van der Waals surface area (Å²) in [4.78, 5) is 14.7. The maximum atomic E-state index is 10.9. The lowest BCUT2D eigenvalue weighted by atomic mass is 10.2. The molecule has 0 aliphatic heterocycles. The van der Waals surface area contributed by atoms with Crippen LogP contribution in [0.5, 0.6) is 0 Å². The van der Waals surface area contributed by atoms with Crippen molar-refractivity contribution in [2.45, 2.75) is 6.10 Å². The van der Waals surface area contributed by atoms with E-state index in [1.54, 1.807) is 12.1 Å². The number of methoxy groups -OCH3 is 1. The Morgan fingerprint density at radius 3 is 2.85 bits per heavy atom. The number of halogens is 1. The molecule has 1 atom stereocenters. The van der Waals surface area contributed by atoms with Crippen LogP contribution in [0.3, 0.4) is 0 Å². The smallest absolute Gasteiger partial charge is 0.341 e.